The number of aliphatic hydroxyl groups is 1. The van der Waals surface area contributed by atoms with Gasteiger partial charge in [-0.05, 0) is 69.7 Å². The van der Waals surface area contributed by atoms with E-state index in [0.717, 1.165) is 49.2 Å². The molecule has 128 valence electrons. The largest absolute Gasteiger partial charge is 0.396 e. The molecule has 1 aromatic carbocycles. The predicted octanol–water partition coefficient (Wildman–Crippen LogP) is 3.03. The molecule has 1 heterocycles. The Labute approximate surface area is 139 Å². The third kappa shape index (κ3) is 4.33. The van der Waals surface area contributed by atoms with E-state index in [9.17, 15) is 9.90 Å². The van der Waals surface area contributed by atoms with Crippen LogP contribution in [-0.2, 0) is 4.79 Å². The second-order valence-corrected chi connectivity index (χ2v) is 7.11. The van der Waals surface area contributed by atoms with E-state index in [4.69, 9.17) is 0 Å². The number of aliphatic hydroxyl groups excluding tert-OH is 1. The van der Waals surface area contributed by atoms with E-state index in [1.54, 1.807) is 0 Å². The SMILES string of the molecule is CCC1(CO)CCN(CC(=O)Nc2c(C)cc(C)cc2C)CC1. The Hall–Kier alpha value is -1.39. The van der Waals surface area contributed by atoms with Crippen molar-refractivity contribution in [3.8, 4) is 0 Å². The molecule has 0 aliphatic carbocycles. The number of hydrogen-bond donors (Lipinski definition) is 2. The zero-order valence-electron chi connectivity index (χ0n) is 14.9. The molecule has 0 saturated carbocycles. The lowest BCUT2D eigenvalue weighted by molar-refractivity contribution is -0.118. The van der Waals surface area contributed by atoms with E-state index >= 15 is 0 Å². The van der Waals surface area contributed by atoms with Crippen molar-refractivity contribution in [3.63, 3.8) is 0 Å². The van der Waals surface area contributed by atoms with E-state index in [0.29, 0.717) is 6.54 Å². The molecule has 1 fully saturated rings. The summed E-state index contributed by atoms with van der Waals surface area (Å²) in [6, 6.07) is 4.20. The number of benzene rings is 1. The van der Waals surface area contributed by atoms with Gasteiger partial charge in [0.2, 0.25) is 5.91 Å². The molecule has 1 amide bonds. The van der Waals surface area contributed by atoms with Crippen LogP contribution in [-0.4, -0.2) is 42.2 Å². The first-order valence-corrected chi connectivity index (χ1v) is 8.60. The highest BCUT2D eigenvalue weighted by Gasteiger charge is 2.32. The van der Waals surface area contributed by atoms with Gasteiger partial charge in [-0.15, -0.1) is 0 Å². The van der Waals surface area contributed by atoms with Crippen molar-refractivity contribution < 1.29 is 9.90 Å². The number of likely N-dealkylation sites (tertiary alicyclic amines) is 1. The number of nitrogens with one attached hydrogen (secondary N) is 1. The van der Waals surface area contributed by atoms with Crippen molar-refractivity contribution in [2.24, 2.45) is 5.41 Å². The van der Waals surface area contributed by atoms with Gasteiger partial charge in [0.25, 0.3) is 0 Å². The highest BCUT2D eigenvalue weighted by atomic mass is 16.3. The van der Waals surface area contributed by atoms with E-state index in [1.807, 2.05) is 13.8 Å². The Morgan fingerprint density at radius 3 is 2.26 bits per heavy atom. The first-order chi connectivity index (χ1) is 10.9. The van der Waals surface area contributed by atoms with Crippen LogP contribution in [0.1, 0.15) is 42.9 Å². The van der Waals surface area contributed by atoms with E-state index < -0.39 is 0 Å². The zero-order valence-corrected chi connectivity index (χ0v) is 14.9. The van der Waals surface area contributed by atoms with E-state index in [1.165, 1.54) is 5.56 Å². The zero-order chi connectivity index (χ0) is 17.0. The second-order valence-electron chi connectivity index (χ2n) is 7.11. The molecule has 1 aliphatic heterocycles. The Morgan fingerprint density at radius 2 is 1.78 bits per heavy atom. The second kappa shape index (κ2) is 7.45. The average molecular weight is 318 g/mol. The molecule has 4 nitrogen and oxygen atoms in total. The molecule has 1 aromatic rings. The Morgan fingerprint density at radius 1 is 1.22 bits per heavy atom. The van der Waals surface area contributed by atoms with Crippen LogP contribution in [0.5, 0.6) is 0 Å². The predicted molar refractivity (Wildman–Crippen MR) is 94.8 cm³/mol. The lowest BCUT2D eigenvalue weighted by Crippen LogP contribution is -2.44. The smallest absolute Gasteiger partial charge is 0.238 e. The first-order valence-electron chi connectivity index (χ1n) is 8.60. The molecule has 23 heavy (non-hydrogen) atoms. The monoisotopic (exact) mass is 318 g/mol. The van der Waals surface area contributed by atoms with Crippen LogP contribution >= 0.6 is 0 Å². The van der Waals surface area contributed by atoms with Gasteiger partial charge in [0.05, 0.1) is 6.54 Å². The van der Waals surface area contributed by atoms with Gasteiger partial charge in [-0.3, -0.25) is 9.69 Å². The standard InChI is InChI=1S/C19H30N2O2/c1-5-19(13-22)6-8-21(9-7-19)12-17(23)20-18-15(3)10-14(2)11-16(18)4/h10-11,22H,5-9,12-13H2,1-4H3,(H,20,23). The summed E-state index contributed by atoms with van der Waals surface area (Å²) >= 11 is 0. The minimum absolute atomic E-state index is 0.0491. The topological polar surface area (TPSA) is 52.6 Å². The van der Waals surface area contributed by atoms with Crippen LogP contribution in [0, 0.1) is 26.2 Å². The summed E-state index contributed by atoms with van der Waals surface area (Å²) in [7, 11) is 0. The Balaban J connectivity index is 1.92. The first kappa shape index (κ1) is 18.0. The molecular formula is C19H30N2O2. The molecule has 0 aromatic heterocycles. The summed E-state index contributed by atoms with van der Waals surface area (Å²) in [5.41, 5.74) is 4.45. The number of carbonyl (C=O) groups excluding carboxylic acids is 1. The minimum atomic E-state index is 0.0491. The molecular weight excluding hydrogens is 288 g/mol. The van der Waals surface area contributed by atoms with Crippen molar-refractivity contribution in [1.82, 2.24) is 4.90 Å². The van der Waals surface area contributed by atoms with Gasteiger partial charge in [-0.2, -0.15) is 0 Å². The van der Waals surface area contributed by atoms with Crippen LogP contribution in [0.2, 0.25) is 0 Å². The minimum Gasteiger partial charge on any atom is -0.396 e. The number of nitrogens with zero attached hydrogens (tertiary/aromatic N) is 1. The number of anilines is 1. The van der Waals surface area contributed by atoms with Crippen molar-refractivity contribution in [2.75, 3.05) is 31.6 Å². The fraction of sp³-hybridized carbons (Fsp3) is 0.632. The van der Waals surface area contributed by atoms with Gasteiger partial charge in [-0.1, -0.05) is 24.6 Å². The maximum Gasteiger partial charge on any atom is 0.238 e. The van der Waals surface area contributed by atoms with Crippen molar-refractivity contribution in [3.05, 3.63) is 28.8 Å². The van der Waals surface area contributed by atoms with Gasteiger partial charge in [0, 0.05) is 12.3 Å². The summed E-state index contributed by atoms with van der Waals surface area (Å²) in [6.07, 6.45) is 2.94. The van der Waals surface area contributed by atoms with Gasteiger partial charge in [0.15, 0.2) is 0 Å². The van der Waals surface area contributed by atoms with Crippen molar-refractivity contribution >= 4 is 11.6 Å². The molecule has 4 heteroatoms. The quantitative estimate of drug-likeness (QED) is 0.877. The third-order valence-electron chi connectivity index (χ3n) is 5.31. The number of amides is 1. The van der Waals surface area contributed by atoms with Gasteiger partial charge in [-0.25, -0.2) is 0 Å². The van der Waals surface area contributed by atoms with Crippen LogP contribution in [0.15, 0.2) is 12.1 Å². The fourth-order valence-corrected chi connectivity index (χ4v) is 3.57. The van der Waals surface area contributed by atoms with Gasteiger partial charge >= 0.3 is 0 Å². The van der Waals surface area contributed by atoms with Crippen LogP contribution < -0.4 is 5.32 Å². The number of hydrogen-bond acceptors (Lipinski definition) is 3. The lowest BCUT2D eigenvalue weighted by atomic mass is 9.77. The van der Waals surface area contributed by atoms with Crippen LogP contribution in [0.4, 0.5) is 5.69 Å². The molecule has 2 N–H and O–H groups in total. The van der Waals surface area contributed by atoms with Crippen LogP contribution in [0.25, 0.3) is 0 Å². The lowest BCUT2D eigenvalue weighted by Gasteiger charge is -2.40. The molecule has 2 rings (SSSR count). The van der Waals surface area contributed by atoms with E-state index in [-0.39, 0.29) is 17.9 Å². The molecule has 0 atom stereocenters. The summed E-state index contributed by atoms with van der Waals surface area (Å²) in [6.45, 7) is 10.7. The average Bonchev–Trinajstić information content (AvgIpc) is 2.52. The Bertz CT molecular complexity index is 531. The molecule has 1 saturated heterocycles. The maximum atomic E-state index is 12.4. The number of carbonyl (C=O) groups is 1. The van der Waals surface area contributed by atoms with Gasteiger partial charge < -0.3 is 10.4 Å². The normalized spacial score (nSPS) is 18.0. The summed E-state index contributed by atoms with van der Waals surface area (Å²) < 4.78 is 0. The number of piperidine rings is 1. The summed E-state index contributed by atoms with van der Waals surface area (Å²) in [4.78, 5) is 14.6. The summed E-state index contributed by atoms with van der Waals surface area (Å²) in [5, 5.41) is 12.7. The molecule has 0 spiro atoms. The van der Waals surface area contributed by atoms with Crippen molar-refractivity contribution in [2.45, 2.75) is 47.0 Å². The highest BCUT2D eigenvalue weighted by molar-refractivity contribution is 5.93. The molecule has 0 bridgehead atoms. The Kier molecular flexibility index (Phi) is 5.82. The van der Waals surface area contributed by atoms with Crippen molar-refractivity contribution in [1.29, 1.82) is 0 Å². The third-order valence-corrected chi connectivity index (χ3v) is 5.31. The highest BCUT2D eigenvalue weighted by Crippen LogP contribution is 2.34. The number of rotatable bonds is 5. The van der Waals surface area contributed by atoms with Gasteiger partial charge in [0.1, 0.15) is 0 Å². The molecule has 0 radical (unpaired) electrons. The van der Waals surface area contributed by atoms with Crippen LogP contribution in [0.3, 0.4) is 0 Å². The summed E-state index contributed by atoms with van der Waals surface area (Å²) in [5.74, 6) is 0.0491. The number of aryl methyl sites for hydroxylation is 3. The fourth-order valence-electron chi connectivity index (χ4n) is 3.57. The maximum absolute atomic E-state index is 12.4. The molecule has 1 aliphatic rings. The molecule has 0 unspecified atom stereocenters. The van der Waals surface area contributed by atoms with E-state index in [2.05, 4.69) is 36.2 Å².